The van der Waals surface area contributed by atoms with E-state index in [2.05, 4.69) is 12.2 Å². The van der Waals surface area contributed by atoms with E-state index in [-0.39, 0.29) is 30.3 Å². The number of carbonyl (C=O) groups is 2. The van der Waals surface area contributed by atoms with Crippen molar-refractivity contribution < 1.29 is 19.1 Å². The highest BCUT2D eigenvalue weighted by atomic mass is 35.5. The summed E-state index contributed by atoms with van der Waals surface area (Å²) in [5.41, 5.74) is 1.41. The lowest BCUT2D eigenvalue weighted by Crippen LogP contribution is -2.31. The van der Waals surface area contributed by atoms with E-state index in [9.17, 15) is 9.59 Å². The normalized spacial score (nSPS) is 10.3. The van der Waals surface area contributed by atoms with Crippen molar-refractivity contribution in [2.24, 2.45) is 0 Å². The molecule has 0 aliphatic rings. The van der Waals surface area contributed by atoms with E-state index in [1.54, 1.807) is 6.07 Å². The van der Waals surface area contributed by atoms with E-state index in [1.165, 1.54) is 17.7 Å². The van der Waals surface area contributed by atoms with Crippen LogP contribution >= 0.6 is 23.2 Å². The Kier molecular flexibility index (Phi) is 7.75. The van der Waals surface area contributed by atoms with Crippen molar-refractivity contribution in [1.29, 1.82) is 0 Å². The van der Waals surface area contributed by atoms with Crippen LogP contribution in [0.4, 0.5) is 0 Å². The summed E-state index contributed by atoms with van der Waals surface area (Å²) >= 11 is 11.7. The Hall–Kier alpha value is -2.24. The summed E-state index contributed by atoms with van der Waals surface area (Å²) in [6, 6.07) is 12.2. The van der Waals surface area contributed by atoms with Crippen molar-refractivity contribution in [3.05, 3.63) is 63.6 Å². The molecule has 0 unspecified atom stereocenters. The maximum Gasteiger partial charge on any atom is 0.325 e. The molecule has 26 heavy (non-hydrogen) atoms. The Labute approximate surface area is 162 Å². The molecule has 0 fully saturated rings. The molecule has 0 aliphatic heterocycles. The lowest BCUT2D eigenvalue weighted by atomic mass is 10.2. The molecule has 1 amide bonds. The van der Waals surface area contributed by atoms with Crippen LogP contribution in [0.3, 0.4) is 0 Å². The van der Waals surface area contributed by atoms with Crippen molar-refractivity contribution in [2.75, 3.05) is 19.8 Å². The molecule has 0 heterocycles. The summed E-state index contributed by atoms with van der Waals surface area (Å²) in [6.45, 7) is 2.12. The van der Waals surface area contributed by atoms with Gasteiger partial charge >= 0.3 is 5.97 Å². The van der Waals surface area contributed by atoms with Gasteiger partial charge in [-0.15, -0.1) is 0 Å². The number of rotatable bonds is 8. The molecule has 0 saturated heterocycles. The van der Waals surface area contributed by atoms with Gasteiger partial charge in [0.15, 0.2) is 0 Å². The van der Waals surface area contributed by atoms with Gasteiger partial charge in [-0.2, -0.15) is 0 Å². The topological polar surface area (TPSA) is 64.6 Å². The average Bonchev–Trinajstić information content (AvgIpc) is 2.63. The lowest BCUT2D eigenvalue weighted by molar-refractivity contribution is -0.143. The van der Waals surface area contributed by atoms with Gasteiger partial charge in [0.1, 0.15) is 25.5 Å². The molecule has 0 spiro atoms. The van der Waals surface area contributed by atoms with Crippen LogP contribution in [0, 0.1) is 0 Å². The molecule has 7 heteroatoms. The first-order valence-electron chi connectivity index (χ1n) is 8.10. The summed E-state index contributed by atoms with van der Waals surface area (Å²) in [4.78, 5) is 23.7. The van der Waals surface area contributed by atoms with Gasteiger partial charge in [-0.05, 0) is 42.3 Å². The van der Waals surface area contributed by atoms with Crippen molar-refractivity contribution in [1.82, 2.24) is 5.32 Å². The van der Waals surface area contributed by atoms with Crippen molar-refractivity contribution in [2.45, 2.75) is 13.3 Å². The summed E-state index contributed by atoms with van der Waals surface area (Å²) in [7, 11) is 0. The van der Waals surface area contributed by atoms with Gasteiger partial charge in [-0.1, -0.05) is 42.3 Å². The predicted molar refractivity (Wildman–Crippen MR) is 101 cm³/mol. The van der Waals surface area contributed by atoms with E-state index < -0.39 is 11.9 Å². The minimum Gasteiger partial charge on any atom is -0.490 e. The molecule has 0 atom stereocenters. The van der Waals surface area contributed by atoms with Gasteiger partial charge < -0.3 is 14.8 Å². The molecule has 0 radical (unpaired) electrons. The third-order valence-electron chi connectivity index (χ3n) is 3.49. The zero-order valence-electron chi connectivity index (χ0n) is 14.3. The molecule has 1 N–H and O–H groups in total. The molecule has 5 nitrogen and oxygen atoms in total. The molecule has 0 aliphatic carbocycles. The fourth-order valence-electron chi connectivity index (χ4n) is 2.14. The SMILES string of the molecule is CCc1cccc(OCCOC(=O)CNC(=O)c2ccc(Cl)cc2Cl)c1. The number of ether oxygens (including phenoxy) is 2. The summed E-state index contributed by atoms with van der Waals surface area (Å²) in [5, 5.41) is 3.09. The number of carbonyl (C=O) groups excluding carboxylic acids is 2. The Balaban J connectivity index is 1.69. The minimum absolute atomic E-state index is 0.0900. The van der Waals surface area contributed by atoms with Crippen LogP contribution in [-0.2, 0) is 16.0 Å². The Morgan fingerprint density at radius 2 is 1.88 bits per heavy atom. The van der Waals surface area contributed by atoms with E-state index in [0.29, 0.717) is 5.02 Å². The van der Waals surface area contributed by atoms with E-state index >= 15 is 0 Å². The average molecular weight is 396 g/mol. The summed E-state index contributed by atoms with van der Waals surface area (Å²) in [5.74, 6) is -0.309. The van der Waals surface area contributed by atoms with Gasteiger partial charge in [0.05, 0.1) is 10.6 Å². The van der Waals surface area contributed by atoms with Crippen LogP contribution in [0.15, 0.2) is 42.5 Å². The van der Waals surface area contributed by atoms with Gasteiger partial charge in [0.2, 0.25) is 0 Å². The van der Waals surface area contributed by atoms with Crippen molar-refractivity contribution >= 4 is 35.1 Å². The van der Waals surface area contributed by atoms with Crippen LogP contribution in [0.2, 0.25) is 10.0 Å². The van der Waals surface area contributed by atoms with Crippen LogP contribution in [0.25, 0.3) is 0 Å². The fourth-order valence-corrected chi connectivity index (χ4v) is 2.64. The maximum absolute atomic E-state index is 12.0. The molecular weight excluding hydrogens is 377 g/mol. The van der Waals surface area contributed by atoms with Crippen LogP contribution < -0.4 is 10.1 Å². The lowest BCUT2D eigenvalue weighted by Gasteiger charge is -2.09. The van der Waals surface area contributed by atoms with Gasteiger partial charge in [-0.3, -0.25) is 9.59 Å². The standard InChI is InChI=1S/C19H19Cl2NO4/c1-2-13-4-3-5-15(10-13)25-8-9-26-18(23)12-22-19(24)16-7-6-14(20)11-17(16)21/h3-7,10-11H,2,8-9,12H2,1H3,(H,22,24). The largest absolute Gasteiger partial charge is 0.490 e. The first-order valence-corrected chi connectivity index (χ1v) is 8.85. The zero-order valence-corrected chi connectivity index (χ0v) is 15.8. The Morgan fingerprint density at radius 3 is 2.62 bits per heavy atom. The van der Waals surface area contributed by atoms with Crippen LogP contribution in [0.5, 0.6) is 5.75 Å². The molecule has 2 aromatic rings. The zero-order chi connectivity index (χ0) is 18.9. The molecule has 0 saturated carbocycles. The van der Waals surface area contributed by atoms with Crippen LogP contribution in [-0.4, -0.2) is 31.6 Å². The highest BCUT2D eigenvalue weighted by Crippen LogP contribution is 2.20. The first kappa shape index (κ1) is 20.1. The molecule has 2 rings (SSSR count). The molecule has 2 aromatic carbocycles. The van der Waals surface area contributed by atoms with Crippen LogP contribution in [0.1, 0.15) is 22.8 Å². The van der Waals surface area contributed by atoms with Gasteiger partial charge in [0, 0.05) is 5.02 Å². The number of esters is 1. The van der Waals surface area contributed by atoms with Crippen molar-refractivity contribution in [3.63, 3.8) is 0 Å². The molecule has 0 bridgehead atoms. The second-order valence-corrected chi connectivity index (χ2v) is 6.22. The Morgan fingerprint density at radius 1 is 1.08 bits per heavy atom. The second-order valence-electron chi connectivity index (χ2n) is 5.38. The van der Waals surface area contributed by atoms with E-state index in [1.807, 2.05) is 24.3 Å². The minimum atomic E-state index is -0.561. The number of benzene rings is 2. The first-order chi connectivity index (χ1) is 12.5. The fraction of sp³-hybridized carbons (Fsp3) is 0.263. The number of nitrogens with one attached hydrogen (secondary N) is 1. The number of aryl methyl sites for hydroxylation is 1. The molecule has 0 aromatic heterocycles. The second kappa shape index (κ2) is 10.0. The molecule has 138 valence electrons. The third-order valence-corrected chi connectivity index (χ3v) is 4.04. The molecular formula is C19H19Cl2NO4. The van der Waals surface area contributed by atoms with Crippen molar-refractivity contribution in [3.8, 4) is 5.75 Å². The van der Waals surface area contributed by atoms with E-state index in [0.717, 1.165) is 12.2 Å². The predicted octanol–water partition coefficient (Wildman–Crippen LogP) is 3.91. The number of hydrogen-bond acceptors (Lipinski definition) is 4. The smallest absolute Gasteiger partial charge is 0.325 e. The highest BCUT2D eigenvalue weighted by molar-refractivity contribution is 6.36. The number of hydrogen-bond donors (Lipinski definition) is 1. The third kappa shape index (κ3) is 6.24. The quantitative estimate of drug-likeness (QED) is 0.543. The summed E-state index contributed by atoms with van der Waals surface area (Å²) in [6.07, 6.45) is 0.920. The number of halogens is 2. The number of amides is 1. The summed E-state index contributed by atoms with van der Waals surface area (Å²) < 4.78 is 10.5. The highest BCUT2D eigenvalue weighted by Gasteiger charge is 2.12. The maximum atomic E-state index is 12.0. The monoisotopic (exact) mass is 395 g/mol. The van der Waals surface area contributed by atoms with Gasteiger partial charge in [-0.25, -0.2) is 0 Å². The van der Waals surface area contributed by atoms with E-state index in [4.69, 9.17) is 32.7 Å². The Bertz CT molecular complexity index is 780. The van der Waals surface area contributed by atoms with Gasteiger partial charge in [0.25, 0.3) is 5.91 Å².